The maximum absolute atomic E-state index is 11.0. The van der Waals surface area contributed by atoms with Gasteiger partial charge in [-0.05, 0) is 13.3 Å². The van der Waals surface area contributed by atoms with Crippen LogP contribution in [0.3, 0.4) is 0 Å². The largest absolute Gasteiger partial charge is 0.395 e. The van der Waals surface area contributed by atoms with Crippen LogP contribution in [0.2, 0.25) is 0 Å². The fraction of sp³-hybridized carbons (Fsp3) is 1.00. The minimum Gasteiger partial charge on any atom is -0.395 e. The van der Waals surface area contributed by atoms with E-state index in [0.717, 1.165) is 0 Å². The van der Waals surface area contributed by atoms with Gasteiger partial charge in [-0.1, -0.05) is 0 Å². The van der Waals surface area contributed by atoms with Gasteiger partial charge in [0.2, 0.25) is 10.0 Å². The average molecular weight is 211 g/mol. The van der Waals surface area contributed by atoms with E-state index in [1.165, 1.54) is 0 Å². The Morgan fingerprint density at radius 1 is 1.46 bits per heavy atom. The summed E-state index contributed by atoms with van der Waals surface area (Å²) in [4.78, 5) is 0. The number of ether oxygens (including phenoxy) is 1. The van der Waals surface area contributed by atoms with Crippen LogP contribution >= 0.6 is 0 Å². The first-order chi connectivity index (χ1) is 6.12. The summed E-state index contributed by atoms with van der Waals surface area (Å²) in [6.45, 7) is 3.10. The Labute approximate surface area is 79.1 Å². The first-order valence-corrected chi connectivity index (χ1v) is 5.93. The quantitative estimate of drug-likeness (QED) is 0.522. The van der Waals surface area contributed by atoms with Crippen LogP contribution in [0.15, 0.2) is 0 Å². The summed E-state index contributed by atoms with van der Waals surface area (Å²) in [6, 6.07) is 0. The molecule has 0 unspecified atom stereocenters. The van der Waals surface area contributed by atoms with Gasteiger partial charge in [0.1, 0.15) is 0 Å². The van der Waals surface area contributed by atoms with Gasteiger partial charge in [0.15, 0.2) is 0 Å². The van der Waals surface area contributed by atoms with E-state index in [0.29, 0.717) is 26.2 Å². The molecule has 0 fully saturated rings. The van der Waals surface area contributed by atoms with Crippen LogP contribution in [0.25, 0.3) is 0 Å². The Balaban J connectivity index is 3.41. The van der Waals surface area contributed by atoms with Gasteiger partial charge < -0.3 is 9.84 Å². The lowest BCUT2D eigenvalue weighted by Gasteiger charge is -2.04. The standard InChI is InChI=1S/C7H17NO4S/c1-2-12-6-3-4-8-13(10,11)7-5-9/h8-9H,2-7H2,1H3. The van der Waals surface area contributed by atoms with Crippen LogP contribution in [0.5, 0.6) is 0 Å². The van der Waals surface area contributed by atoms with Crippen LogP contribution in [-0.4, -0.2) is 45.6 Å². The molecule has 6 heteroatoms. The summed E-state index contributed by atoms with van der Waals surface area (Å²) in [5.41, 5.74) is 0. The molecule has 0 radical (unpaired) electrons. The molecule has 0 aromatic carbocycles. The van der Waals surface area contributed by atoms with Gasteiger partial charge in [-0.15, -0.1) is 0 Å². The van der Waals surface area contributed by atoms with Crippen LogP contribution in [0.4, 0.5) is 0 Å². The Morgan fingerprint density at radius 3 is 2.69 bits per heavy atom. The normalized spacial score (nSPS) is 11.8. The van der Waals surface area contributed by atoms with E-state index in [1.807, 2.05) is 6.92 Å². The maximum atomic E-state index is 11.0. The number of aliphatic hydroxyl groups excluding tert-OH is 1. The minimum atomic E-state index is -3.27. The second-order valence-corrected chi connectivity index (χ2v) is 4.41. The second-order valence-electron chi connectivity index (χ2n) is 2.49. The van der Waals surface area contributed by atoms with E-state index in [4.69, 9.17) is 9.84 Å². The van der Waals surface area contributed by atoms with Crippen molar-refractivity contribution in [2.45, 2.75) is 13.3 Å². The van der Waals surface area contributed by atoms with Crippen LogP contribution in [0, 0.1) is 0 Å². The predicted molar refractivity (Wildman–Crippen MR) is 50.0 cm³/mol. The van der Waals surface area contributed by atoms with Gasteiger partial charge in [-0.3, -0.25) is 0 Å². The van der Waals surface area contributed by atoms with Crippen molar-refractivity contribution >= 4 is 10.0 Å². The molecule has 0 aromatic rings. The fourth-order valence-corrected chi connectivity index (χ4v) is 1.58. The smallest absolute Gasteiger partial charge is 0.213 e. The summed E-state index contributed by atoms with van der Waals surface area (Å²) in [5, 5.41) is 8.40. The molecule has 0 saturated heterocycles. The Kier molecular flexibility index (Phi) is 7.16. The van der Waals surface area contributed by atoms with E-state index >= 15 is 0 Å². The van der Waals surface area contributed by atoms with Gasteiger partial charge >= 0.3 is 0 Å². The average Bonchev–Trinajstić information content (AvgIpc) is 2.04. The Hall–Kier alpha value is -0.170. The molecule has 0 aliphatic carbocycles. The van der Waals surface area contributed by atoms with Crippen LogP contribution in [0.1, 0.15) is 13.3 Å². The zero-order valence-corrected chi connectivity index (χ0v) is 8.64. The van der Waals surface area contributed by atoms with Crippen molar-refractivity contribution in [3.05, 3.63) is 0 Å². The van der Waals surface area contributed by atoms with Crippen molar-refractivity contribution in [2.24, 2.45) is 0 Å². The maximum Gasteiger partial charge on any atom is 0.213 e. The number of rotatable bonds is 8. The van der Waals surface area contributed by atoms with Crippen molar-refractivity contribution in [1.29, 1.82) is 0 Å². The van der Waals surface area contributed by atoms with Crippen molar-refractivity contribution in [2.75, 3.05) is 32.1 Å². The van der Waals surface area contributed by atoms with Crippen molar-refractivity contribution in [1.82, 2.24) is 4.72 Å². The molecule has 0 aliphatic rings. The summed E-state index contributed by atoms with van der Waals surface area (Å²) in [5.74, 6) is -0.234. The highest BCUT2D eigenvalue weighted by Crippen LogP contribution is 1.85. The molecule has 2 N–H and O–H groups in total. The van der Waals surface area contributed by atoms with Crippen molar-refractivity contribution in [3.63, 3.8) is 0 Å². The van der Waals surface area contributed by atoms with Crippen molar-refractivity contribution in [3.8, 4) is 0 Å². The monoisotopic (exact) mass is 211 g/mol. The summed E-state index contributed by atoms with van der Waals surface area (Å²) < 4.78 is 29.3. The van der Waals surface area contributed by atoms with Crippen molar-refractivity contribution < 1.29 is 18.3 Å². The molecule has 5 nitrogen and oxygen atoms in total. The van der Waals surface area contributed by atoms with Gasteiger partial charge in [0.05, 0.1) is 12.4 Å². The Morgan fingerprint density at radius 2 is 2.15 bits per heavy atom. The molecule has 80 valence electrons. The predicted octanol–water partition coefficient (Wildman–Crippen LogP) is -0.675. The van der Waals surface area contributed by atoms with Gasteiger partial charge in [0.25, 0.3) is 0 Å². The molecule has 0 atom stereocenters. The molecule has 13 heavy (non-hydrogen) atoms. The molecule has 0 spiro atoms. The first-order valence-electron chi connectivity index (χ1n) is 4.28. The first kappa shape index (κ1) is 12.8. The second kappa shape index (κ2) is 7.25. The molecule has 0 saturated carbocycles. The number of nitrogens with one attached hydrogen (secondary N) is 1. The van der Waals surface area contributed by atoms with Gasteiger partial charge in [0, 0.05) is 19.8 Å². The molecule has 0 rings (SSSR count). The van der Waals surface area contributed by atoms with E-state index in [2.05, 4.69) is 4.72 Å². The highest BCUT2D eigenvalue weighted by atomic mass is 32.2. The third kappa shape index (κ3) is 8.17. The number of hydrogen-bond acceptors (Lipinski definition) is 4. The number of sulfonamides is 1. The third-order valence-electron chi connectivity index (χ3n) is 1.35. The topological polar surface area (TPSA) is 75.6 Å². The van der Waals surface area contributed by atoms with Gasteiger partial charge in [-0.25, -0.2) is 13.1 Å². The number of aliphatic hydroxyl groups is 1. The SMILES string of the molecule is CCOCCCNS(=O)(=O)CCO. The lowest BCUT2D eigenvalue weighted by molar-refractivity contribution is 0.146. The highest BCUT2D eigenvalue weighted by Gasteiger charge is 2.06. The van der Waals surface area contributed by atoms with Crippen LogP contribution < -0.4 is 4.72 Å². The lowest BCUT2D eigenvalue weighted by atomic mass is 10.5. The molecular weight excluding hydrogens is 194 g/mol. The van der Waals surface area contributed by atoms with E-state index in [-0.39, 0.29) is 12.4 Å². The summed E-state index contributed by atoms with van der Waals surface area (Å²) >= 11 is 0. The minimum absolute atomic E-state index is 0.234. The van der Waals surface area contributed by atoms with E-state index in [1.54, 1.807) is 0 Å². The van der Waals surface area contributed by atoms with Gasteiger partial charge in [-0.2, -0.15) is 0 Å². The molecule has 0 heterocycles. The molecule has 0 aromatic heterocycles. The summed E-state index contributed by atoms with van der Waals surface area (Å²) in [7, 11) is -3.27. The summed E-state index contributed by atoms with van der Waals surface area (Å²) in [6.07, 6.45) is 0.651. The lowest BCUT2D eigenvalue weighted by Crippen LogP contribution is -2.29. The zero-order chi connectivity index (χ0) is 10.2. The molecule has 0 aliphatic heterocycles. The zero-order valence-electron chi connectivity index (χ0n) is 7.82. The number of hydrogen-bond donors (Lipinski definition) is 2. The van der Waals surface area contributed by atoms with E-state index < -0.39 is 10.0 Å². The molecule has 0 bridgehead atoms. The molecule has 0 amide bonds. The van der Waals surface area contributed by atoms with E-state index in [9.17, 15) is 8.42 Å². The molecular formula is C7H17NO4S. The van der Waals surface area contributed by atoms with Crippen LogP contribution in [-0.2, 0) is 14.8 Å². The Bertz CT molecular complexity index is 203. The fourth-order valence-electron chi connectivity index (χ4n) is 0.739. The third-order valence-corrected chi connectivity index (χ3v) is 2.72. The highest BCUT2D eigenvalue weighted by molar-refractivity contribution is 7.89.